The van der Waals surface area contributed by atoms with Crippen LogP contribution in [0.3, 0.4) is 0 Å². The van der Waals surface area contributed by atoms with Crippen molar-refractivity contribution in [1.29, 1.82) is 0 Å². The van der Waals surface area contributed by atoms with E-state index in [0.717, 1.165) is 4.31 Å². The fraction of sp³-hybridized carbons (Fsp3) is 0.250. The lowest BCUT2D eigenvalue weighted by Gasteiger charge is -2.12. The van der Waals surface area contributed by atoms with Crippen LogP contribution in [0.1, 0.15) is 0 Å². The number of nitrogens with two attached hydrogens (primary N) is 1. The van der Waals surface area contributed by atoms with Crippen molar-refractivity contribution in [2.45, 2.75) is 4.90 Å². The lowest BCUT2D eigenvalue weighted by atomic mass is 10.3. The first-order valence-corrected chi connectivity index (χ1v) is 6.20. The topological polar surface area (TPSA) is 83.6 Å². The van der Waals surface area contributed by atoms with Crippen LogP contribution < -0.4 is 5.73 Å². The molecule has 0 aliphatic heterocycles. The van der Waals surface area contributed by atoms with Gasteiger partial charge in [-0.2, -0.15) is 0 Å². The number of anilines is 1. The molecule has 0 unspecified atom stereocenters. The summed E-state index contributed by atoms with van der Waals surface area (Å²) in [4.78, 5) is 0.0367. The van der Waals surface area contributed by atoms with E-state index in [-0.39, 0.29) is 20.8 Å². The first kappa shape index (κ1) is 12.3. The zero-order valence-electron chi connectivity index (χ0n) is 8.23. The number of hydrogen-bond acceptors (Lipinski definition) is 4. The molecule has 0 saturated heterocycles. The Morgan fingerprint density at radius 3 is 2.33 bits per heavy atom. The van der Waals surface area contributed by atoms with Crippen LogP contribution in [0.2, 0.25) is 0 Å². The number of benzene rings is 1. The number of hydrogen-bond donors (Lipinski definition) is 2. The van der Waals surface area contributed by atoms with E-state index in [9.17, 15) is 13.5 Å². The molecule has 3 N–H and O–H groups in total. The third-order valence-corrected chi connectivity index (χ3v) is 4.24. The average molecular weight is 295 g/mol. The van der Waals surface area contributed by atoms with Crippen molar-refractivity contribution in [2.75, 3.05) is 19.8 Å². The van der Waals surface area contributed by atoms with Crippen molar-refractivity contribution in [3.8, 4) is 5.75 Å². The van der Waals surface area contributed by atoms with Crippen molar-refractivity contribution in [3.63, 3.8) is 0 Å². The Balaban J connectivity index is 3.42. The Kier molecular flexibility index (Phi) is 3.27. The Labute approximate surface area is 96.7 Å². The normalized spacial score (nSPS) is 12.0. The van der Waals surface area contributed by atoms with E-state index >= 15 is 0 Å². The molecule has 1 aromatic rings. The zero-order valence-corrected chi connectivity index (χ0v) is 10.6. The van der Waals surface area contributed by atoms with Gasteiger partial charge >= 0.3 is 0 Å². The molecule has 0 fully saturated rings. The van der Waals surface area contributed by atoms with Gasteiger partial charge < -0.3 is 10.8 Å². The molecule has 0 aromatic heterocycles. The van der Waals surface area contributed by atoms with Crippen molar-refractivity contribution in [1.82, 2.24) is 4.31 Å². The summed E-state index contributed by atoms with van der Waals surface area (Å²) in [5, 5.41) is 9.35. The molecule has 7 heteroatoms. The summed E-state index contributed by atoms with van der Waals surface area (Å²) in [5.74, 6) is -0.160. The van der Waals surface area contributed by atoms with E-state index in [4.69, 9.17) is 5.73 Å². The molecular formula is C8H11BrN2O3S. The summed E-state index contributed by atoms with van der Waals surface area (Å²) in [7, 11) is -0.681. The van der Waals surface area contributed by atoms with Crippen molar-refractivity contribution in [3.05, 3.63) is 16.6 Å². The van der Waals surface area contributed by atoms with Crippen LogP contribution in [-0.4, -0.2) is 31.9 Å². The third-order valence-electron chi connectivity index (χ3n) is 1.84. The van der Waals surface area contributed by atoms with E-state index in [1.165, 1.54) is 26.2 Å². The number of nitrogen functional groups attached to an aromatic ring is 1. The molecule has 0 saturated carbocycles. The predicted octanol–water partition coefficient (Wildman–Crippen LogP) is 0.987. The highest BCUT2D eigenvalue weighted by Crippen LogP contribution is 2.33. The van der Waals surface area contributed by atoms with Gasteiger partial charge in [-0.05, 0) is 28.1 Å². The fourth-order valence-electron chi connectivity index (χ4n) is 0.954. The smallest absolute Gasteiger partial charge is 0.242 e. The monoisotopic (exact) mass is 294 g/mol. The molecule has 5 nitrogen and oxygen atoms in total. The van der Waals surface area contributed by atoms with E-state index in [1.54, 1.807) is 0 Å². The van der Waals surface area contributed by atoms with Gasteiger partial charge in [0.15, 0.2) is 5.75 Å². The highest BCUT2D eigenvalue weighted by molar-refractivity contribution is 9.10. The molecule has 0 bridgehead atoms. The Bertz CT molecular complexity index is 462. The minimum atomic E-state index is -3.53. The lowest BCUT2D eigenvalue weighted by molar-refractivity contribution is 0.473. The number of phenolic OH excluding ortho intramolecular Hbond substituents is 1. The van der Waals surface area contributed by atoms with Gasteiger partial charge in [0.05, 0.1) is 15.1 Å². The van der Waals surface area contributed by atoms with Crippen LogP contribution in [0.15, 0.2) is 21.5 Å². The van der Waals surface area contributed by atoms with Crippen LogP contribution in [-0.2, 0) is 10.0 Å². The van der Waals surface area contributed by atoms with E-state index in [2.05, 4.69) is 15.9 Å². The average Bonchev–Trinajstić information content (AvgIpc) is 2.13. The molecule has 0 spiro atoms. The van der Waals surface area contributed by atoms with Crippen LogP contribution in [0, 0.1) is 0 Å². The van der Waals surface area contributed by atoms with Gasteiger partial charge in [-0.25, -0.2) is 12.7 Å². The summed E-state index contributed by atoms with van der Waals surface area (Å²) in [5.41, 5.74) is 5.47. The van der Waals surface area contributed by atoms with Crippen LogP contribution in [0.25, 0.3) is 0 Å². The molecule has 0 heterocycles. The van der Waals surface area contributed by atoms with Crippen LogP contribution >= 0.6 is 15.9 Å². The molecule has 0 aliphatic rings. The van der Waals surface area contributed by atoms with Gasteiger partial charge in [-0.3, -0.25) is 0 Å². The van der Waals surface area contributed by atoms with Gasteiger partial charge in [0.2, 0.25) is 10.0 Å². The van der Waals surface area contributed by atoms with Gasteiger partial charge in [-0.1, -0.05) is 0 Å². The quantitative estimate of drug-likeness (QED) is 0.629. The van der Waals surface area contributed by atoms with Crippen molar-refractivity contribution in [2.24, 2.45) is 0 Å². The van der Waals surface area contributed by atoms with E-state index in [1.807, 2.05) is 0 Å². The summed E-state index contributed by atoms with van der Waals surface area (Å²) >= 11 is 3.03. The van der Waals surface area contributed by atoms with Crippen LogP contribution in [0.5, 0.6) is 5.75 Å². The van der Waals surface area contributed by atoms with E-state index < -0.39 is 10.0 Å². The summed E-state index contributed by atoms with van der Waals surface area (Å²) in [6, 6.07) is 2.52. The molecule has 0 atom stereocenters. The highest BCUT2D eigenvalue weighted by atomic mass is 79.9. The van der Waals surface area contributed by atoms with Gasteiger partial charge in [0.25, 0.3) is 0 Å². The SMILES string of the molecule is CN(C)S(=O)(=O)c1cc(N)c(O)c(Br)c1. The second-order valence-electron chi connectivity index (χ2n) is 3.13. The second kappa shape index (κ2) is 3.99. The number of nitrogens with zero attached hydrogens (tertiary/aromatic N) is 1. The molecule has 0 aliphatic carbocycles. The second-order valence-corrected chi connectivity index (χ2v) is 6.14. The van der Waals surface area contributed by atoms with Crippen molar-refractivity contribution >= 4 is 31.6 Å². The number of halogens is 1. The van der Waals surface area contributed by atoms with Gasteiger partial charge in [0.1, 0.15) is 0 Å². The van der Waals surface area contributed by atoms with E-state index in [0.29, 0.717) is 0 Å². The highest BCUT2D eigenvalue weighted by Gasteiger charge is 2.19. The fourth-order valence-corrected chi connectivity index (χ4v) is 2.55. The largest absolute Gasteiger partial charge is 0.505 e. The maximum absolute atomic E-state index is 11.7. The number of aromatic hydroxyl groups is 1. The van der Waals surface area contributed by atoms with Crippen LogP contribution in [0.4, 0.5) is 5.69 Å². The minimum absolute atomic E-state index is 0.0183. The Hall–Kier alpha value is -0.790. The molecule has 84 valence electrons. The third kappa shape index (κ3) is 2.24. The first-order chi connectivity index (χ1) is 6.76. The first-order valence-electron chi connectivity index (χ1n) is 3.97. The molecule has 0 amide bonds. The summed E-state index contributed by atoms with van der Waals surface area (Å²) < 4.78 is 24.8. The Morgan fingerprint density at radius 1 is 1.40 bits per heavy atom. The standard InChI is InChI=1S/C8H11BrN2O3S/c1-11(2)15(13,14)5-3-6(9)8(12)7(10)4-5/h3-4,12H,10H2,1-2H3. The number of phenols is 1. The molecular weight excluding hydrogens is 284 g/mol. The Morgan fingerprint density at radius 2 is 1.93 bits per heavy atom. The summed E-state index contributed by atoms with van der Waals surface area (Å²) in [6.07, 6.45) is 0. The van der Waals surface area contributed by atoms with Crippen molar-refractivity contribution < 1.29 is 13.5 Å². The number of rotatable bonds is 2. The lowest BCUT2D eigenvalue weighted by Crippen LogP contribution is -2.22. The summed E-state index contributed by atoms with van der Waals surface area (Å²) in [6.45, 7) is 0. The molecule has 1 rings (SSSR count). The van der Waals surface area contributed by atoms with Gasteiger partial charge in [0, 0.05) is 14.1 Å². The zero-order chi connectivity index (χ0) is 11.8. The maximum Gasteiger partial charge on any atom is 0.242 e. The molecule has 1 aromatic carbocycles. The predicted molar refractivity (Wildman–Crippen MR) is 61.1 cm³/mol. The molecule has 15 heavy (non-hydrogen) atoms. The molecule has 0 radical (unpaired) electrons. The van der Waals surface area contributed by atoms with Gasteiger partial charge in [-0.15, -0.1) is 0 Å². The maximum atomic E-state index is 11.7. The minimum Gasteiger partial charge on any atom is -0.505 e. The number of sulfonamides is 1.